The summed E-state index contributed by atoms with van der Waals surface area (Å²) in [5.41, 5.74) is 0.939. The van der Waals surface area contributed by atoms with Gasteiger partial charge in [0.05, 0.1) is 6.10 Å². The van der Waals surface area contributed by atoms with Crippen LogP contribution < -0.4 is 0 Å². The molecular formula is C10H18O. The molecule has 0 aliphatic heterocycles. The third kappa shape index (κ3) is 4.79. The first-order chi connectivity index (χ1) is 5.22. The average molecular weight is 154 g/mol. The van der Waals surface area contributed by atoms with E-state index < -0.39 is 0 Å². The van der Waals surface area contributed by atoms with Crippen molar-refractivity contribution < 1.29 is 5.11 Å². The van der Waals surface area contributed by atoms with Crippen LogP contribution in [-0.4, -0.2) is 11.2 Å². The average Bonchev–Trinajstić information content (AvgIpc) is 2.03. The highest BCUT2D eigenvalue weighted by molar-refractivity contribution is 5.00. The number of aliphatic hydroxyl groups is 1. The molecule has 0 spiro atoms. The highest BCUT2D eigenvalue weighted by atomic mass is 16.3. The SMILES string of the molecule is C=CCCCC(O)C(=C)CC. The maximum Gasteiger partial charge on any atom is 0.0747 e. The van der Waals surface area contributed by atoms with Crippen molar-refractivity contribution in [2.45, 2.75) is 38.7 Å². The van der Waals surface area contributed by atoms with Crippen molar-refractivity contribution in [1.29, 1.82) is 0 Å². The van der Waals surface area contributed by atoms with E-state index in [9.17, 15) is 5.11 Å². The zero-order chi connectivity index (χ0) is 8.69. The van der Waals surface area contributed by atoms with Crippen LogP contribution in [0.5, 0.6) is 0 Å². The van der Waals surface area contributed by atoms with Crippen LogP contribution in [0, 0.1) is 0 Å². The zero-order valence-electron chi connectivity index (χ0n) is 7.34. The molecule has 1 atom stereocenters. The van der Waals surface area contributed by atoms with Crippen LogP contribution in [0.2, 0.25) is 0 Å². The van der Waals surface area contributed by atoms with Crippen molar-refractivity contribution in [2.24, 2.45) is 0 Å². The summed E-state index contributed by atoms with van der Waals surface area (Å²) in [5.74, 6) is 0. The molecule has 1 nitrogen and oxygen atoms in total. The third-order valence-electron chi connectivity index (χ3n) is 1.81. The minimum absolute atomic E-state index is 0.306. The number of hydrogen-bond acceptors (Lipinski definition) is 1. The van der Waals surface area contributed by atoms with Gasteiger partial charge in [-0.25, -0.2) is 0 Å². The van der Waals surface area contributed by atoms with Gasteiger partial charge in [-0.05, 0) is 31.3 Å². The molecule has 1 N–H and O–H groups in total. The summed E-state index contributed by atoms with van der Waals surface area (Å²) >= 11 is 0. The second-order valence-corrected chi connectivity index (χ2v) is 2.75. The molecule has 0 amide bonds. The van der Waals surface area contributed by atoms with Crippen molar-refractivity contribution in [3.05, 3.63) is 24.8 Å². The Balaban J connectivity index is 3.43. The Morgan fingerprint density at radius 2 is 2.27 bits per heavy atom. The van der Waals surface area contributed by atoms with Crippen LogP contribution in [0.4, 0.5) is 0 Å². The number of allylic oxidation sites excluding steroid dienone is 1. The fourth-order valence-corrected chi connectivity index (χ4v) is 0.895. The topological polar surface area (TPSA) is 20.2 Å². The van der Waals surface area contributed by atoms with Gasteiger partial charge >= 0.3 is 0 Å². The Morgan fingerprint density at radius 1 is 1.64 bits per heavy atom. The first-order valence-corrected chi connectivity index (χ1v) is 4.19. The van der Waals surface area contributed by atoms with E-state index in [1.54, 1.807) is 0 Å². The molecule has 0 radical (unpaired) electrons. The Morgan fingerprint density at radius 3 is 2.73 bits per heavy atom. The van der Waals surface area contributed by atoms with Crippen LogP contribution in [-0.2, 0) is 0 Å². The van der Waals surface area contributed by atoms with Crippen LogP contribution in [0.15, 0.2) is 24.8 Å². The fourth-order valence-electron chi connectivity index (χ4n) is 0.895. The second kappa shape index (κ2) is 6.17. The Kier molecular flexibility index (Phi) is 5.86. The molecule has 0 saturated heterocycles. The summed E-state index contributed by atoms with van der Waals surface area (Å²) in [4.78, 5) is 0. The van der Waals surface area contributed by atoms with Gasteiger partial charge in [0, 0.05) is 0 Å². The van der Waals surface area contributed by atoms with Gasteiger partial charge in [-0.2, -0.15) is 0 Å². The van der Waals surface area contributed by atoms with E-state index in [1.807, 2.05) is 13.0 Å². The largest absolute Gasteiger partial charge is 0.389 e. The highest BCUT2D eigenvalue weighted by Gasteiger charge is 2.04. The molecule has 64 valence electrons. The molecule has 0 aliphatic carbocycles. The smallest absolute Gasteiger partial charge is 0.0747 e. The predicted octanol–water partition coefficient (Wildman–Crippen LogP) is 2.67. The van der Waals surface area contributed by atoms with Crippen molar-refractivity contribution in [2.75, 3.05) is 0 Å². The molecule has 0 heterocycles. The number of aliphatic hydroxyl groups excluding tert-OH is 1. The van der Waals surface area contributed by atoms with E-state index in [0.717, 1.165) is 31.3 Å². The van der Waals surface area contributed by atoms with Crippen LogP contribution >= 0.6 is 0 Å². The lowest BCUT2D eigenvalue weighted by Gasteiger charge is -2.10. The van der Waals surface area contributed by atoms with Gasteiger partial charge < -0.3 is 5.11 Å². The monoisotopic (exact) mass is 154 g/mol. The van der Waals surface area contributed by atoms with E-state index in [0.29, 0.717) is 0 Å². The van der Waals surface area contributed by atoms with Gasteiger partial charge in [0.15, 0.2) is 0 Å². The number of hydrogen-bond donors (Lipinski definition) is 1. The predicted molar refractivity (Wildman–Crippen MR) is 49.5 cm³/mol. The Bertz CT molecular complexity index is 127. The lowest BCUT2D eigenvalue weighted by atomic mass is 10.0. The molecule has 1 unspecified atom stereocenters. The maximum absolute atomic E-state index is 9.41. The summed E-state index contributed by atoms with van der Waals surface area (Å²) in [5, 5.41) is 9.41. The van der Waals surface area contributed by atoms with Crippen molar-refractivity contribution in [3.8, 4) is 0 Å². The second-order valence-electron chi connectivity index (χ2n) is 2.75. The van der Waals surface area contributed by atoms with E-state index in [4.69, 9.17) is 0 Å². The van der Waals surface area contributed by atoms with Crippen molar-refractivity contribution in [1.82, 2.24) is 0 Å². The molecule has 0 saturated carbocycles. The third-order valence-corrected chi connectivity index (χ3v) is 1.81. The van der Waals surface area contributed by atoms with E-state index in [1.165, 1.54) is 0 Å². The van der Waals surface area contributed by atoms with Gasteiger partial charge in [0.1, 0.15) is 0 Å². The normalized spacial score (nSPS) is 12.5. The summed E-state index contributed by atoms with van der Waals surface area (Å²) in [7, 11) is 0. The van der Waals surface area contributed by atoms with Gasteiger partial charge in [0.25, 0.3) is 0 Å². The quantitative estimate of drug-likeness (QED) is 0.460. The van der Waals surface area contributed by atoms with E-state index in [-0.39, 0.29) is 6.10 Å². The molecule has 0 rings (SSSR count). The first kappa shape index (κ1) is 10.4. The molecule has 11 heavy (non-hydrogen) atoms. The van der Waals surface area contributed by atoms with Crippen LogP contribution in [0.3, 0.4) is 0 Å². The van der Waals surface area contributed by atoms with Gasteiger partial charge in [-0.3, -0.25) is 0 Å². The molecule has 1 heteroatoms. The molecule has 0 aliphatic rings. The zero-order valence-corrected chi connectivity index (χ0v) is 7.34. The fraction of sp³-hybridized carbons (Fsp3) is 0.600. The maximum atomic E-state index is 9.41. The summed E-state index contributed by atoms with van der Waals surface area (Å²) < 4.78 is 0. The van der Waals surface area contributed by atoms with Crippen molar-refractivity contribution >= 4 is 0 Å². The van der Waals surface area contributed by atoms with Gasteiger partial charge in [-0.1, -0.05) is 19.6 Å². The molecular weight excluding hydrogens is 136 g/mol. The Labute approximate surface area is 69.4 Å². The minimum Gasteiger partial charge on any atom is -0.389 e. The summed E-state index contributed by atoms with van der Waals surface area (Å²) in [6, 6.07) is 0. The lowest BCUT2D eigenvalue weighted by molar-refractivity contribution is 0.195. The highest BCUT2D eigenvalue weighted by Crippen LogP contribution is 2.11. The minimum atomic E-state index is -0.306. The van der Waals surface area contributed by atoms with Gasteiger partial charge in [-0.15, -0.1) is 6.58 Å². The van der Waals surface area contributed by atoms with Crippen LogP contribution in [0.25, 0.3) is 0 Å². The standard InChI is InChI=1S/C10H18O/c1-4-6-7-8-10(11)9(3)5-2/h4,10-11H,1,3,5-8H2,2H3. The van der Waals surface area contributed by atoms with Crippen LogP contribution in [0.1, 0.15) is 32.6 Å². The van der Waals surface area contributed by atoms with Crippen molar-refractivity contribution in [3.63, 3.8) is 0 Å². The lowest BCUT2D eigenvalue weighted by Crippen LogP contribution is -2.08. The molecule has 0 aromatic heterocycles. The number of rotatable bonds is 6. The van der Waals surface area contributed by atoms with Gasteiger partial charge in [0.2, 0.25) is 0 Å². The Hall–Kier alpha value is -0.560. The molecule has 0 aromatic carbocycles. The number of unbranched alkanes of at least 4 members (excludes halogenated alkanes) is 1. The molecule has 0 bridgehead atoms. The molecule has 0 fully saturated rings. The summed E-state index contributed by atoms with van der Waals surface area (Å²) in [6.07, 6.45) is 5.24. The first-order valence-electron chi connectivity index (χ1n) is 4.19. The van der Waals surface area contributed by atoms with E-state index in [2.05, 4.69) is 13.2 Å². The summed E-state index contributed by atoms with van der Waals surface area (Å²) in [6.45, 7) is 9.41. The van der Waals surface area contributed by atoms with E-state index >= 15 is 0 Å². The molecule has 0 aromatic rings.